The number of rotatable bonds is 5. The Kier molecular flexibility index (Phi) is 5.12. The third-order valence-corrected chi connectivity index (χ3v) is 4.05. The first kappa shape index (κ1) is 15.0. The third kappa shape index (κ3) is 3.79. The van der Waals surface area contributed by atoms with Gasteiger partial charge in [-0.2, -0.15) is 0 Å². The van der Waals surface area contributed by atoms with Gasteiger partial charge in [0.05, 0.1) is 0 Å². The predicted molar refractivity (Wildman–Crippen MR) is 77.7 cm³/mol. The molecule has 0 bridgehead atoms. The first-order valence-corrected chi connectivity index (χ1v) is 7.36. The average Bonchev–Trinajstić information content (AvgIpc) is 2.84. The van der Waals surface area contributed by atoms with Crippen LogP contribution in [0.3, 0.4) is 0 Å². The summed E-state index contributed by atoms with van der Waals surface area (Å²) in [4.78, 5) is 14.0. The number of likely N-dealkylation sites (tertiary alicyclic amines) is 1. The molecule has 3 nitrogen and oxygen atoms in total. The van der Waals surface area contributed by atoms with Gasteiger partial charge in [-0.15, -0.1) is 0 Å². The van der Waals surface area contributed by atoms with Crippen LogP contribution in [-0.4, -0.2) is 29.4 Å². The standard InChI is InChI=1S/C16H23FN2O/c1-12-5-4-10-19(12)16(20)11-14(18)9-8-13-6-2-3-7-15(13)17/h2-3,6-7,12,14H,4-5,8-11,18H2,1H3/t12-,14?/m1/s1. The van der Waals surface area contributed by atoms with Crippen LogP contribution in [0.4, 0.5) is 4.39 Å². The van der Waals surface area contributed by atoms with Crippen molar-refractivity contribution < 1.29 is 9.18 Å². The van der Waals surface area contributed by atoms with Crippen molar-refractivity contribution in [3.63, 3.8) is 0 Å². The van der Waals surface area contributed by atoms with E-state index < -0.39 is 0 Å². The number of hydrogen-bond acceptors (Lipinski definition) is 2. The molecule has 1 aliphatic heterocycles. The molecule has 20 heavy (non-hydrogen) atoms. The van der Waals surface area contributed by atoms with E-state index in [-0.39, 0.29) is 17.8 Å². The molecule has 1 aromatic rings. The van der Waals surface area contributed by atoms with E-state index in [1.54, 1.807) is 12.1 Å². The van der Waals surface area contributed by atoms with Gasteiger partial charge in [-0.05, 0) is 44.2 Å². The largest absolute Gasteiger partial charge is 0.340 e. The zero-order chi connectivity index (χ0) is 14.5. The number of nitrogens with zero attached hydrogens (tertiary/aromatic N) is 1. The first-order valence-electron chi connectivity index (χ1n) is 7.36. The number of aryl methyl sites for hydroxylation is 1. The number of carbonyl (C=O) groups is 1. The van der Waals surface area contributed by atoms with Crippen molar-refractivity contribution >= 4 is 5.91 Å². The molecular weight excluding hydrogens is 255 g/mol. The summed E-state index contributed by atoms with van der Waals surface area (Å²) in [5.74, 6) is -0.0600. The Labute approximate surface area is 120 Å². The maximum Gasteiger partial charge on any atom is 0.224 e. The van der Waals surface area contributed by atoms with Crippen LogP contribution in [0.2, 0.25) is 0 Å². The van der Waals surface area contributed by atoms with Gasteiger partial charge in [-0.25, -0.2) is 4.39 Å². The van der Waals surface area contributed by atoms with E-state index >= 15 is 0 Å². The molecule has 0 saturated carbocycles. The van der Waals surface area contributed by atoms with E-state index in [9.17, 15) is 9.18 Å². The minimum absolute atomic E-state index is 0.135. The van der Waals surface area contributed by atoms with E-state index in [2.05, 4.69) is 6.92 Å². The van der Waals surface area contributed by atoms with Crippen LogP contribution in [0, 0.1) is 5.82 Å². The predicted octanol–water partition coefficient (Wildman–Crippen LogP) is 2.49. The Bertz CT molecular complexity index is 464. The van der Waals surface area contributed by atoms with Crippen molar-refractivity contribution in [2.45, 2.75) is 51.1 Å². The van der Waals surface area contributed by atoms with Crippen molar-refractivity contribution in [2.75, 3.05) is 6.54 Å². The quantitative estimate of drug-likeness (QED) is 0.899. The molecule has 2 N–H and O–H groups in total. The van der Waals surface area contributed by atoms with E-state index in [0.29, 0.717) is 30.9 Å². The summed E-state index contributed by atoms with van der Waals surface area (Å²) in [6.45, 7) is 2.93. The molecule has 2 rings (SSSR count). The molecule has 0 radical (unpaired) electrons. The van der Waals surface area contributed by atoms with E-state index in [0.717, 1.165) is 19.4 Å². The fraction of sp³-hybridized carbons (Fsp3) is 0.562. The highest BCUT2D eigenvalue weighted by Gasteiger charge is 2.25. The molecule has 1 unspecified atom stereocenters. The highest BCUT2D eigenvalue weighted by Crippen LogP contribution is 2.18. The fourth-order valence-electron chi connectivity index (χ4n) is 2.79. The molecule has 110 valence electrons. The topological polar surface area (TPSA) is 46.3 Å². The first-order chi connectivity index (χ1) is 9.58. The maximum atomic E-state index is 13.5. The van der Waals surface area contributed by atoms with Crippen LogP contribution in [0.5, 0.6) is 0 Å². The molecule has 1 fully saturated rings. The maximum absolute atomic E-state index is 13.5. The van der Waals surface area contributed by atoms with Crippen LogP contribution < -0.4 is 5.73 Å². The zero-order valence-electron chi connectivity index (χ0n) is 12.0. The van der Waals surface area contributed by atoms with Gasteiger partial charge in [-0.3, -0.25) is 4.79 Å². The second kappa shape index (κ2) is 6.84. The van der Waals surface area contributed by atoms with Crippen molar-refractivity contribution in [1.29, 1.82) is 0 Å². The van der Waals surface area contributed by atoms with Crippen molar-refractivity contribution in [2.24, 2.45) is 5.73 Å². The van der Waals surface area contributed by atoms with E-state index in [1.807, 2.05) is 11.0 Å². The molecule has 1 aliphatic rings. The molecular formula is C16H23FN2O. The van der Waals surface area contributed by atoms with Crippen LogP contribution >= 0.6 is 0 Å². The Morgan fingerprint density at radius 1 is 1.50 bits per heavy atom. The summed E-state index contributed by atoms with van der Waals surface area (Å²) in [7, 11) is 0. The highest BCUT2D eigenvalue weighted by molar-refractivity contribution is 5.77. The number of nitrogens with two attached hydrogens (primary N) is 1. The number of amides is 1. The van der Waals surface area contributed by atoms with Gasteiger partial charge >= 0.3 is 0 Å². The minimum Gasteiger partial charge on any atom is -0.340 e. The molecule has 1 saturated heterocycles. The Morgan fingerprint density at radius 3 is 2.90 bits per heavy atom. The normalized spacial score (nSPS) is 20.1. The van der Waals surface area contributed by atoms with Gasteiger partial charge in [0.15, 0.2) is 0 Å². The minimum atomic E-state index is -0.199. The van der Waals surface area contributed by atoms with Crippen molar-refractivity contribution in [3.8, 4) is 0 Å². The van der Waals surface area contributed by atoms with Crippen LogP contribution in [0.1, 0.15) is 38.2 Å². The summed E-state index contributed by atoms with van der Waals surface area (Å²) in [5.41, 5.74) is 6.69. The van der Waals surface area contributed by atoms with E-state index in [1.165, 1.54) is 6.07 Å². The summed E-state index contributed by atoms with van der Waals surface area (Å²) in [6, 6.07) is 6.86. The van der Waals surface area contributed by atoms with Gasteiger partial charge in [0.1, 0.15) is 5.82 Å². The molecule has 0 aliphatic carbocycles. The number of carbonyl (C=O) groups excluding carboxylic acids is 1. The van der Waals surface area contributed by atoms with Gasteiger partial charge < -0.3 is 10.6 Å². The molecule has 0 spiro atoms. The highest BCUT2D eigenvalue weighted by atomic mass is 19.1. The van der Waals surface area contributed by atoms with Crippen molar-refractivity contribution in [1.82, 2.24) is 4.90 Å². The molecule has 1 amide bonds. The molecule has 0 aromatic heterocycles. The Balaban J connectivity index is 1.79. The summed E-state index contributed by atoms with van der Waals surface area (Å²) >= 11 is 0. The lowest BCUT2D eigenvalue weighted by Crippen LogP contribution is -2.37. The average molecular weight is 278 g/mol. The van der Waals surface area contributed by atoms with Gasteiger partial charge in [0.2, 0.25) is 5.91 Å². The fourth-order valence-corrected chi connectivity index (χ4v) is 2.79. The zero-order valence-corrected chi connectivity index (χ0v) is 12.0. The molecule has 2 atom stereocenters. The Morgan fingerprint density at radius 2 is 2.25 bits per heavy atom. The summed E-state index contributed by atoms with van der Waals surface area (Å²) < 4.78 is 13.5. The molecule has 1 aromatic carbocycles. The second-order valence-corrected chi connectivity index (χ2v) is 5.67. The number of hydrogen-bond donors (Lipinski definition) is 1. The van der Waals surface area contributed by atoms with Crippen LogP contribution in [-0.2, 0) is 11.2 Å². The van der Waals surface area contributed by atoms with E-state index in [4.69, 9.17) is 5.73 Å². The lowest BCUT2D eigenvalue weighted by atomic mass is 10.0. The van der Waals surface area contributed by atoms with Gasteiger partial charge in [0, 0.05) is 25.0 Å². The molecule has 1 heterocycles. The van der Waals surface area contributed by atoms with Crippen molar-refractivity contribution in [3.05, 3.63) is 35.6 Å². The second-order valence-electron chi connectivity index (χ2n) is 5.67. The van der Waals surface area contributed by atoms with Gasteiger partial charge in [0.25, 0.3) is 0 Å². The number of benzene rings is 1. The summed E-state index contributed by atoms with van der Waals surface area (Å²) in [5, 5.41) is 0. The molecule has 4 heteroatoms. The lowest BCUT2D eigenvalue weighted by Gasteiger charge is -2.23. The lowest BCUT2D eigenvalue weighted by molar-refractivity contribution is -0.132. The van der Waals surface area contributed by atoms with Gasteiger partial charge in [-0.1, -0.05) is 18.2 Å². The smallest absolute Gasteiger partial charge is 0.224 e. The monoisotopic (exact) mass is 278 g/mol. The van der Waals surface area contributed by atoms with Crippen LogP contribution in [0.25, 0.3) is 0 Å². The Hall–Kier alpha value is -1.42. The SMILES string of the molecule is C[C@@H]1CCCN1C(=O)CC(N)CCc1ccccc1F. The van der Waals surface area contributed by atoms with Crippen LogP contribution in [0.15, 0.2) is 24.3 Å². The third-order valence-electron chi connectivity index (χ3n) is 4.05. The summed E-state index contributed by atoms with van der Waals surface area (Å²) in [6.07, 6.45) is 3.73. The number of halogens is 1.